The van der Waals surface area contributed by atoms with Gasteiger partial charge < -0.3 is 19.8 Å². The molecule has 4 rings (SSSR count). The SMILES string of the molecule is Cc1ccc(CNC(=O)CCCCCn2c(=S)[nH]c3cc4c(cc3c2=O)OCO4)cc1. The van der Waals surface area contributed by atoms with Crippen molar-refractivity contribution in [3.63, 3.8) is 0 Å². The summed E-state index contributed by atoms with van der Waals surface area (Å²) in [6, 6.07) is 11.6. The molecule has 1 aromatic heterocycles. The van der Waals surface area contributed by atoms with Crippen molar-refractivity contribution >= 4 is 29.0 Å². The van der Waals surface area contributed by atoms with Crippen molar-refractivity contribution in [3.8, 4) is 11.5 Å². The average molecular weight is 440 g/mol. The lowest BCUT2D eigenvalue weighted by Crippen LogP contribution is -2.23. The van der Waals surface area contributed by atoms with Crippen molar-refractivity contribution in [3.05, 3.63) is 62.6 Å². The zero-order valence-electron chi connectivity index (χ0n) is 17.4. The van der Waals surface area contributed by atoms with E-state index in [-0.39, 0.29) is 18.3 Å². The van der Waals surface area contributed by atoms with Gasteiger partial charge in [0.15, 0.2) is 16.3 Å². The number of unbranched alkanes of at least 4 members (excludes halogenated alkanes) is 2. The van der Waals surface area contributed by atoms with Crippen LogP contribution < -0.4 is 20.3 Å². The van der Waals surface area contributed by atoms with Crippen LogP contribution in [-0.2, 0) is 17.9 Å². The number of aromatic amines is 1. The van der Waals surface area contributed by atoms with Crippen LogP contribution in [0.1, 0.15) is 36.8 Å². The third kappa shape index (κ3) is 4.96. The lowest BCUT2D eigenvalue weighted by atomic mass is 10.1. The van der Waals surface area contributed by atoms with E-state index in [1.165, 1.54) is 5.56 Å². The van der Waals surface area contributed by atoms with Gasteiger partial charge in [-0.2, -0.15) is 0 Å². The van der Waals surface area contributed by atoms with Crippen molar-refractivity contribution in [2.24, 2.45) is 0 Å². The minimum absolute atomic E-state index is 0.0387. The van der Waals surface area contributed by atoms with Crippen molar-refractivity contribution in [2.75, 3.05) is 6.79 Å². The molecular formula is C23H25N3O4S. The van der Waals surface area contributed by atoms with E-state index in [2.05, 4.69) is 10.3 Å². The Morgan fingerprint density at radius 2 is 1.87 bits per heavy atom. The molecule has 0 saturated heterocycles. The fourth-order valence-electron chi connectivity index (χ4n) is 3.57. The van der Waals surface area contributed by atoms with Gasteiger partial charge in [-0.1, -0.05) is 36.2 Å². The second kappa shape index (κ2) is 9.34. The standard InChI is InChI=1S/C23H25N3O4S/c1-15-6-8-16(9-7-15)13-24-21(27)5-3-2-4-10-26-22(28)17-11-19-20(30-14-29-19)12-18(17)25-23(26)31/h6-9,11-12H,2-5,10,13-14H2,1H3,(H,24,27)(H,25,31). The molecule has 0 radical (unpaired) electrons. The molecule has 2 N–H and O–H groups in total. The Bertz CT molecular complexity index is 1210. The maximum Gasteiger partial charge on any atom is 0.262 e. The van der Waals surface area contributed by atoms with E-state index < -0.39 is 0 Å². The number of fused-ring (bicyclic) bond motifs is 2. The van der Waals surface area contributed by atoms with Gasteiger partial charge in [0, 0.05) is 25.6 Å². The number of nitrogens with one attached hydrogen (secondary N) is 2. The first-order valence-electron chi connectivity index (χ1n) is 10.4. The first kappa shape index (κ1) is 21.1. The number of carbonyl (C=O) groups is 1. The Balaban J connectivity index is 1.27. The quantitative estimate of drug-likeness (QED) is 0.410. The zero-order valence-corrected chi connectivity index (χ0v) is 18.2. The second-order valence-corrected chi connectivity index (χ2v) is 8.10. The molecule has 3 aromatic rings. The molecule has 8 heteroatoms. The minimum Gasteiger partial charge on any atom is -0.454 e. The van der Waals surface area contributed by atoms with Gasteiger partial charge in [-0.25, -0.2) is 0 Å². The van der Waals surface area contributed by atoms with Crippen molar-refractivity contribution in [1.82, 2.24) is 14.9 Å². The summed E-state index contributed by atoms with van der Waals surface area (Å²) in [6.07, 6.45) is 2.82. The molecule has 0 atom stereocenters. The number of rotatable bonds is 8. The molecular weight excluding hydrogens is 414 g/mol. The van der Waals surface area contributed by atoms with Crippen LogP contribution in [0, 0.1) is 11.7 Å². The average Bonchev–Trinajstić information content (AvgIpc) is 3.21. The van der Waals surface area contributed by atoms with Gasteiger partial charge in [0.2, 0.25) is 12.7 Å². The zero-order chi connectivity index (χ0) is 21.8. The van der Waals surface area contributed by atoms with E-state index in [1.54, 1.807) is 16.7 Å². The summed E-state index contributed by atoms with van der Waals surface area (Å²) in [6.45, 7) is 3.23. The molecule has 2 heterocycles. The van der Waals surface area contributed by atoms with E-state index >= 15 is 0 Å². The molecule has 1 aliphatic rings. The number of aromatic nitrogens is 2. The van der Waals surface area contributed by atoms with E-state index in [1.807, 2.05) is 31.2 Å². The number of H-pyrrole nitrogens is 1. The molecule has 0 saturated carbocycles. The highest BCUT2D eigenvalue weighted by atomic mass is 32.1. The van der Waals surface area contributed by atoms with Crippen molar-refractivity contribution in [1.29, 1.82) is 0 Å². The van der Waals surface area contributed by atoms with Crippen LogP contribution >= 0.6 is 12.2 Å². The van der Waals surface area contributed by atoms with Crippen LogP contribution in [0.2, 0.25) is 0 Å². The first-order valence-corrected chi connectivity index (χ1v) is 10.8. The van der Waals surface area contributed by atoms with Gasteiger partial charge in [0.25, 0.3) is 5.56 Å². The summed E-state index contributed by atoms with van der Waals surface area (Å²) < 4.78 is 12.7. The van der Waals surface area contributed by atoms with Crippen LogP contribution in [0.15, 0.2) is 41.2 Å². The second-order valence-electron chi connectivity index (χ2n) is 7.71. The maximum absolute atomic E-state index is 12.9. The van der Waals surface area contributed by atoms with Gasteiger partial charge in [0.1, 0.15) is 0 Å². The molecule has 31 heavy (non-hydrogen) atoms. The van der Waals surface area contributed by atoms with Gasteiger partial charge in [0.05, 0.1) is 10.9 Å². The largest absolute Gasteiger partial charge is 0.454 e. The van der Waals surface area contributed by atoms with Gasteiger partial charge in [-0.15, -0.1) is 0 Å². The molecule has 0 bridgehead atoms. The summed E-state index contributed by atoms with van der Waals surface area (Å²) in [4.78, 5) is 28.0. The molecule has 7 nitrogen and oxygen atoms in total. The number of aryl methyl sites for hydroxylation is 1. The summed E-state index contributed by atoms with van der Waals surface area (Å²) in [5.41, 5.74) is 2.78. The van der Waals surface area contributed by atoms with E-state index in [0.717, 1.165) is 24.8 Å². The maximum atomic E-state index is 12.9. The smallest absolute Gasteiger partial charge is 0.262 e. The third-order valence-electron chi connectivity index (χ3n) is 5.37. The number of amides is 1. The minimum atomic E-state index is -0.145. The monoisotopic (exact) mass is 439 g/mol. The van der Waals surface area contributed by atoms with Crippen LogP contribution in [0.3, 0.4) is 0 Å². The number of carbonyl (C=O) groups excluding carboxylic acids is 1. The van der Waals surface area contributed by atoms with Crippen LogP contribution in [0.5, 0.6) is 11.5 Å². The van der Waals surface area contributed by atoms with Crippen LogP contribution in [-0.4, -0.2) is 22.3 Å². The molecule has 1 aliphatic heterocycles. The molecule has 162 valence electrons. The fraction of sp³-hybridized carbons (Fsp3) is 0.348. The molecule has 0 unspecified atom stereocenters. The first-order chi connectivity index (χ1) is 15.0. The van der Waals surface area contributed by atoms with E-state index in [0.29, 0.717) is 46.7 Å². The number of hydrogen-bond donors (Lipinski definition) is 2. The Kier molecular flexibility index (Phi) is 6.36. The number of nitrogens with zero attached hydrogens (tertiary/aromatic N) is 1. The Hall–Kier alpha value is -3.13. The predicted molar refractivity (Wildman–Crippen MR) is 121 cm³/mol. The summed E-state index contributed by atoms with van der Waals surface area (Å²) in [5.74, 6) is 1.21. The highest BCUT2D eigenvalue weighted by Crippen LogP contribution is 2.34. The van der Waals surface area contributed by atoms with Crippen molar-refractivity contribution < 1.29 is 14.3 Å². The summed E-state index contributed by atoms with van der Waals surface area (Å²) >= 11 is 5.37. The van der Waals surface area contributed by atoms with E-state index in [4.69, 9.17) is 21.7 Å². The van der Waals surface area contributed by atoms with Gasteiger partial charge in [-0.3, -0.25) is 14.2 Å². The topological polar surface area (TPSA) is 85.4 Å². The highest BCUT2D eigenvalue weighted by Gasteiger charge is 2.17. The number of ether oxygens (including phenoxy) is 2. The van der Waals surface area contributed by atoms with Crippen LogP contribution in [0.4, 0.5) is 0 Å². The number of hydrogen-bond acceptors (Lipinski definition) is 5. The Morgan fingerprint density at radius 3 is 2.65 bits per heavy atom. The lowest BCUT2D eigenvalue weighted by molar-refractivity contribution is -0.121. The van der Waals surface area contributed by atoms with Crippen LogP contribution in [0.25, 0.3) is 10.9 Å². The normalized spacial score (nSPS) is 12.3. The number of benzene rings is 2. The summed E-state index contributed by atoms with van der Waals surface area (Å²) in [7, 11) is 0. The molecule has 2 aromatic carbocycles. The fourth-order valence-corrected chi connectivity index (χ4v) is 3.86. The van der Waals surface area contributed by atoms with Crippen molar-refractivity contribution in [2.45, 2.75) is 45.7 Å². The Labute approximate surface area is 185 Å². The highest BCUT2D eigenvalue weighted by molar-refractivity contribution is 7.71. The van der Waals surface area contributed by atoms with Gasteiger partial charge in [-0.05, 0) is 43.6 Å². The molecule has 0 fully saturated rings. The molecule has 0 spiro atoms. The lowest BCUT2D eigenvalue weighted by Gasteiger charge is -2.09. The third-order valence-corrected chi connectivity index (χ3v) is 5.69. The summed E-state index contributed by atoms with van der Waals surface area (Å²) in [5, 5.41) is 3.47. The van der Waals surface area contributed by atoms with E-state index in [9.17, 15) is 9.59 Å². The molecule has 0 aliphatic carbocycles. The predicted octanol–water partition coefficient (Wildman–Crippen LogP) is 3.97. The Morgan fingerprint density at radius 1 is 1.13 bits per heavy atom. The molecule has 1 amide bonds. The van der Waals surface area contributed by atoms with Gasteiger partial charge >= 0.3 is 0 Å².